The molecule has 176 valence electrons. The minimum Gasteiger partial charge on any atom is -0.497 e. The monoisotopic (exact) mass is 456 g/mol. The Morgan fingerprint density at radius 1 is 1.25 bits per heavy atom. The SMILES string of the molecule is COc1cccc(CC[C@H]2C(=O)N(C(=O)N[C@@H](C3CCCCC3)C(F)(F)F)[C@@H]2C(=O)O)c1. The number of hydrogen-bond donors (Lipinski definition) is 2. The third kappa shape index (κ3) is 5.16. The smallest absolute Gasteiger partial charge is 0.408 e. The molecule has 10 heteroatoms. The number of halogens is 3. The Balaban J connectivity index is 1.67. The first-order valence-corrected chi connectivity index (χ1v) is 10.7. The predicted molar refractivity (Wildman–Crippen MR) is 108 cm³/mol. The third-order valence-electron chi connectivity index (χ3n) is 6.32. The minimum atomic E-state index is -4.68. The van der Waals surface area contributed by atoms with Crippen molar-refractivity contribution in [2.24, 2.45) is 11.8 Å². The number of aryl methyl sites for hydroxylation is 1. The van der Waals surface area contributed by atoms with Crippen LogP contribution in [0, 0.1) is 11.8 Å². The maximum Gasteiger partial charge on any atom is 0.408 e. The van der Waals surface area contributed by atoms with Crippen LogP contribution in [-0.4, -0.2) is 53.3 Å². The van der Waals surface area contributed by atoms with Gasteiger partial charge >= 0.3 is 18.2 Å². The summed E-state index contributed by atoms with van der Waals surface area (Å²) >= 11 is 0. The van der Waals surface area contributed by atoms with E-state index in [1.807, 2.05) is 5.32 Å². The summed E-state index contributed by atoms with van der Waals surface area (Å²) in [5, 5.41) is 11.5. The van der Waals surface area contributed by atoms with Crippen molar-refractivity contribution in [3.8, 4) is 5.75 Å². The summed E-state index contributed by atoms with van der Waals surface area (Å²) in [6, 6.07) is 2.15. The van der Waals surface area contributed by atoms with Gasteiger partial charge in [-0.1, -0.05) is 31.4 Å². The van der Waals surface area contributed by atoms with Crippen LogP contribution in [0.25, 0.3) is 0 Å². The van der Waals surface area contributed by atoms with E-state index in [-0.39, 0.29) is 6.42 Å². The highest BCUT2D eigenvalue weighted by atomic mass is 19.4. The average molecular weight is 456 g/mol. The number of amides is 3. The Labute approximate surface area is 183 Å². The summed E-state index contributed by atoms with van der Waals surface area (Å²) in [6.07, 6.45) is -1.41. The number of nitrogens with zero attached hydrogens (tertiary/aromatic N) is 1. The molecule has 0 unspecified atom stereocenters. The van der Waals surface area contributed by atoms with Gasteiger partial charge < -0.3 is 15.2 Å². The molecule has 3 atom stereocenters. The number of nitrogens with one attached hydrogen (secondary N) is 1. The summed E-state index contributed by atoms with van der Waals surface area (Å²) in [6.45, 7) is 0. The van der Waals surface area contributed by atoms with E-state index < -0.39 is 48.0 Å². The molecular formula is C22H27F3N2O5. The standard InChI is InChI=1S/C22H27F3N2O5/c1-32-15-9-5-6-13(12-15)10-11-16-17(20(29)30)27(19(16)28)21(31)26-18(22(23,24)25)14-7-3-2-4-8-14/h5-6,9,12,14,16-18H,2-4,7-8,10-11H2,1H3,(H,26,31)(H,29,30)/t16-,17+,18+/m1/s1. The van der Waals surface area contributed by atoms with E-state index in [0.717, 1.165) is 12.0 Å². The number of β-lactam (4-membered cyclic amide) rings is 1. The molecule has 3 amide bonds. The molecule has 0 spiro atoms. The predicted octanol–water partition coefficient (Wildman–Crippen LogP) is 3.76. The van der Waals surface area contributed by atoms with Crippen LogP contribution >= 0.6 is 0 Å². The molecule has 0 aromatic heterocycles. The van der Waals surface area contributed by atoms with E-state index in [9.17, 15) is 32.7 Å². The van der Waals surface area contributed by atoms with Gasteiger partial charge in [-0.05, 0) is 49.3 Å². The number of alkyl halides is 3. The van der Waals surface area contributed by atoms with Gasteiger partial charge in [0, 0.05) is 0 Å². The van der Waals surface area contributed by atoms with Crippen LogP contribution in [0.2, 0.25) is 0 Å². The highest BCUT2D eigenvalue weighted by Gasteiger charge is 2.56. The Morgan fingerprint density at radius 3 is 2.53 bits per heavy atom. The van der Waals surface area contributed by atoms with Crippen LogP contribution in [-0.2, 0) is 16.0 Å². The van der Waals surface area contributed by atoms with E-state index in [0.29, 0.717) is 42.8 Å². The Hall–Kier alpha value is -2.78. The lowest BCUT2D eigenvalue weighted by Crippen LogP contribution is -2.69. The van der Waals surface area contributed by atoms with Crippen molar-refractivity contribution >= 4 is 17.9 Å². The molecule has 2 N–H and O–H groups in total. The molecule has 1 heterocycles. The van der Waals surface area contributed by atoms with Gasteiger partial charge in [-0.2, -0.15) is 13.2 Å². The van der Waals surface area contributed by atoms with Gasteiger partial charge in [0.15, 0.2) is 6.04 Å². The van der Waals surface area contributed by atoms with Gasteiger partial charge in [-0.25, -0.2) is 14.5 Å². The van der Waals surface area contributed by atoms with E-state index in [2.05, 4.69) is 0 Å². The van der Waals surface area contributed by atoms with E-state index >= 15 is 0 Å². The molecule has 1 aromatic carbocycles. The molecule has 0 radical (unpaired) electrons. The summed E-state index contributed by atoms with van der Waals surface area (Å²) in [5.41, 5.74) is 0.818. The molecule has 32 heavy (non-hydrogen) atoms. The molecule has 1 aliphatic carbocycles. The molecule has 1 aliphatic heterocycles. The fraction of sp³-hybridized carbons (Fsp3) is 0.591. The first-order valence-electron chi connectivity index (χ1n) is 10.7. The quantitative estimate of drug-likeness (QED) is 0.609. The number of imide groups is 1. The topological polar surface area (TPSA) is 95.9 Å². The molecule has 2 fully saturated rings. The number of aliphatic carboxylic acids is 1. The van der Waals surface area contributed by atoms with Crippen LogP contribution in [0.1, 0.15) is 44.1 Å². The van der Waals surface area contributed by atoms with Gasteiger partial charge in [0.05, 0.1) is 13.0 Å². The first-order chi connectivity index (χ1) is 15.1. The largest absolute Gasteiger partial charge is 0.497 e. The first kappa shape index (κ1) is 23.9. The van der Waals surface area contributed by atoms with Crippen molar-refractivity contribution in [2.75, 3.05) is 7.11 Å². The van der Waals surface area contributed by atoms with Crippen LogP contribution in [0.15, 0.2) is 24.3 Å². The van der Waals surface area contributed by atoms with Crippen LogP contribution in [0.4, 0.5) is 18.0 Å². The summed E-state index contributed by atoms with van der Waals surface area (Å²) < 4.78 is 45.9. The second-order valence-corrected chi connectivity index (χ2v) is 8.35. The summed E-state index contributed by atoms with van der Waals surface area (Å²) in [7, 11) is 1.51. The highest BCUT2D eigenvalue weighted by Crippen LogP contribution is 2.36. The fourth-order valence-corrected chi connectivity index (χ4v) is 4.63. The van der Waals surface area contributed by atoms with Crippen LogP contribution in [0.3, 0.4) is 0 Å². The molecule has 3 rings (SSSR count). The second-order valence-electron chi connectivity index (χ2n) is 8.35. The number of carboxylic acids is 1. The number of benzene rings is 1. The highest BCUT2D eigenvalue weighted by molar-refractivity contribution is 6.07. The van der Waals surface area contributed by atoms with Gasteiger partial charge in [-0.3, -0.25) is 4.79 Å². The average Bonchev–Trinajstić information content (AvgIpc) is 2.75. The number of carbonyl (C=O) groups is 3. The second kappa shape index (κ2) is 9.79. The van der Waals surface area contributed by atoms with E-state index in [1.54, 1.807) is 24.3 Å². The minimum absolute atomic E-state index is 0.151. The molecule has 2 aliphatic rings. The molecule has 1 aromatic rings. The van der Waals surface area contributed by atoms with Crippen molar-refractivity contribution in [3.63, 3.8) is 0 Å². The number of rotatable bonds is 7. The van der Waals surface area contributed by atoms with Crippen molar-refractivity contribution in [1.29, 1.82) is 0 Å². The summed E-state index contributed by atoms with van der Waals surface area (Å²) in [4.78, 5) is 37.3. The Kier molecular flexibility index (Phi) is 7.30. The Bertz CT molecular complexity index is 854. The van der Waals surface area contributed by atoms with Gasteiger partial charge in [0.25, 0.3) is 0 Å². The number of urea groups is 1. The van der Waals surface area contributed by atoms with Crippen LogP contribution < -0.4 is 10.1 Å². The number of carbonyl (C=O) groups excluding carboxylic acids is 2. The lowest BCUT2D eigenvalue weighted by atomic mass is 9.82. The fourth-order valence-electron chi connectivity index (χ4n) is 4.63. The van der Waals surface area contributed by atoms with Crippen LogP contribution in [0.5, 0.6) is 5.75 Å². The lowest BCUT2D eigenvalue weighted by Gasteiger charge is -2.44. The van der Waals surface area contributed by atoms with Gasteiger partial charge in [0.1, 0.15) is 11.8 Å². The molecule has 1 saturated carbocycles. The number of likely N-dealkylation sites (tertiary alicyclic amines) is 1. The summed E-state index contributed by atoms with van der Waals surface area (Å²) in [5.74, 6) is -3.35. The van der Waals surface area contributed by atoms with Crippen molar-refractivity contribution in [2.45, 2.75) is 63.2 Å². The number of hydrogen-bond acceptors (Lipinski definition) is 4. The number of methoxy groups -OCH3 is 1. The molecule has 1 saturated heterocycles. The van der Waals surface area contributed by atoms with Crippen molar-refractivity contribution < 1.29 is 37.4 Å². The zero-order chi connectivity index (χ0) is 23.5. The number of carboxylic acid groups (broad SMARTS) is 1. The molecule has 0 bridgehead atoms. The van der Waals surface area contributed by atoms with Gasteiger partial charge in [-0.15, -0.1) is 0 Å². The maximum atomic E-state index is 13.6. The normalized spacial score (nSPS) is 22.8. The molecular weight excluding hydrogens is 429 g/mol. The van der Waals surface area contributed by atoms with Crippen molar-refractivity contribution in [1.82, 2.24) is 10.2 Å². The van der Waals surface area contributed by atoms with E-state index in [4.69, 9.17) is 4.74 Å². The Morgan fingerprint density at radius 2 is 1.94 bits per heavy atom. The maximum absolute atomic E-state index is 13.6. The van der Waals surface area contributed by atoms with Crippen molar-refractivity contribution in [3.05, 3.63) is 29.8 Å². The third-order valence-corrected chi connectivity index (χ3v) is 6.32. The lowest BCUT2D eigenvalue weighted by molar-refractivity contribution is -0.173. The molecule has 7 nitrogen and oxygen atoms in total. The van der Waals surface area contributed by atoms with E-state index in [1.165, 1.54) is 7.11 Å². The zero-order valence-corrected chi connectivity index (χ0v) is 17.7. The van der Waals surface area contributed by atoms with Gasteiger partial charge in [0.2, 0.25) is 5.91 Å². The number of ether oxygens (including phenoxy) is 1. The zero-order valence-electron chi connectivity index (χ0n) is 17.7.